The molecule has 4 aliphatic carbocycles. The van der Waals surface area contributed by atoms with Gasteiger partial charge in [0.2, 0.25) is 0 Å². The van der Waals surface area contributed by atoms with Crippen LogP contribution in [0.25, 0.3) is 0 Å². The van der Waals surface area contributed by atoms with Gasteiger partial charge in [0.25, 0.3) is 0 Å². The molecule has 27 heavy (non-hydrogen) atoms. The lowest BCUT2D eigenvalue weighted by molar-refractivity contribution is -0.0559. The molecule has 6 atom stereocenters. The number of fused-ring (bicyclic) bond motifs is 5. The van der Waals surface area contributed by atoms with Crippen molar-refractivity contribution in [2.45, 2.75) is 78.1 Å². The average molecular weight is 388 g/mol. The second kappa shape index (κ2) is 6.59. The first-order valence-electron chi connectivity index (χ1n) is 10.9. The zero-order valence-electron chi connectivity index (χ0n) is 18.0. The van der Waals surface area contributed by atoms with Gasteiger partial charge in [0.05, 0.1) is 6.10 Å². The molecule has 0 radical (unpaired) electrons. The minimum atomic E-state index is -1.49. The Kier molecular flexibility index (Phi) is 4.74. The Bertz CT molecular complexity index is 691. The molecule has 0 N–H and O–H groups in total. The van der Waals surface area contributed by atoms with E-state index in [9.17, 15) is 0 Å². The highest BCUT2D eigenvalue weighted by Crippen LogP contribution is 2.65. The number of hydrogen-bond donors (Lipinski definition) is 0. The van der Waals surface area contributed by atoms with E-state index in [1.165, 1.54) is 38.5 Å². The van der Waals surface area contributed by atoms with Crippen LogP contribution in [0.3, 0.4) is 0 Å². The standard InChI is InChI=1S/C23H37NO2Si/c1-22-13-11-17(24-25-3)15-16(22)7-8-18-19-9-10-21(26-27(4,5)6)23(19,2)14-12-20(18)22/h11,13,15,18-21H,7-10,12,14H2,1-6H3/b24-17+. The van der Waals surface area contributed by atoms with E-state index >= 15 is 0 Å². The largest absolute Gasteiger partial charge is 0.414 e. The molecule has 3 fully saturated rings. The quantitative estimate of drug-likeness (QED) is 0.443. The Morgan fingerprint density at radius 2 is 1.85 bits per heavy atom. The van der Waals surface area contributed by atoms with E-state index in [4.69, 9.17) is 9.26 Å². The molecule has 4 rings (SSSR count). The van der Waals surface area contributed by atoms with E-state index in [-0.39, 0.29) is 5.41 Å². The zero-order valence-corrected chi connectivity index (χ0v) is 19.0. The van der Waals surface area contributed by atoms with Crippen LogP contribution in [0.15, 0.2) is 29.0 Å². The fourth-order valence-electron chi connectivity index (χ4n) is 6.94. The van der Waals surface area contributed by atoms with Gasteiger partial charge in [-0.15, -0.1) is 0 Å². The van der Waals surface area contributed by atoms with E-state index in [2.05, 4.69) is 56.9 Å². The summed E-state index contributed by atoms with van der Waals surface area (Å²) >= 11 is 0. The Balaban J connectivity index is 1.59. The molecule has 0 aromatic heterocycles. The number of rotatable bonds is 3. The minimum Gasteiger partial charge on any atom is -0.414 e. The van der Waals surface area contributed by atoms with Crippen LogP contribution in [-0.2, 0) is 9.26 Å². The predicted octanol–water partition coefficient (Wildman–Crippen LogP) is 5.95. The second-order valence-electron chi connectivity index (χ2n) is 10.7. The van der Waals surface area contributed by atoms with Gasteiger partial charge < -0.3 is 9.26 Å². The zero-order chi connectivity index (χ0) is 19.4. The molecule has 6 unspecified atom stereocenters. The second-order valence-corrected chi connectivity index (χ2v) is 15.2. The molecule has 0 spiro atoms. The van der Waals surface area contributed by atoms with Crippen molar-refractivity contribution in [3.05, 3.63) is 23.8 Å². The average Bonchev–Trinajstić information content (AvgIpc) is 2.90. The van der Waals surface area contributed by atoms with Crippen molar-refractivity contribution in [3.8, 4) is 0 Å². The smallest absolute Gasteiger partial charge is 0.184 e. The monoisotopic (exact) mass is 387 g/mol. The van der Waals surface area contributed by atoms with Crippen molar-refractivity contribution in [1.82, 2.24) is 0 Å². The van der Waals surface area contributed by atoms with Crippen LogP contribution in [0.1, 0.15) is 52.4 Å². The lowest BCUT2D eigenvalue weighted by atomic mass is 9.48. The summed E-state index contributed by atoms with van der Waals surface area (Å²) < 4.78 is 6.71. The van der Waals surface area contributed by atoms with Crippen molar-refractivity contribution >= 4 is 14.0 Å². The van der Waals surface area contributed by atoms with E-state index in [0.29, 0.717) is 11.5 Å². The van der Waals surface area contributed by atoms with Gasteiger partial charge in [0.1, 0.15) is 12.8 Å². The first kappa shape index (κ1) is 19.4. The topological polar surface area (TPSA) is 30.8 Å². The number of nitrogens with zero attached hydrogens (tertiary/aromatic N) is 1. The fraction of sp³-hybridized carbons (Fsp3) is 0.783. The summed E-state index contributed by atoms with van der Waals surface area (Å²) in [5.74, 6) is 2.44. The van der Waals surface area contributed by atoms with Crippen molar-refractivity contribution in [1.29, 1.82) is 0 Å². The fourth-order valence-corrected chi connectivity index (χ4v) is 8.18. The molecule has 0 amide bonds. The highest BCUT2D eigenvalue weighted by atomic mass is 28.4. The van der Waals surface area contributed by atoms with Crippen molar-refractivity contribution in [2.75, 3.05) is 7.11 Å². The molecular weight excluding hydrogens is 350 g/mol. The number of allylic oxidation sites excluding steroid dienone is 4. The maximum atomic E-state index is 6.71. The maximum Gasteiger partial charge on any atom is 0.184 e. The van der Waals surface area contributed by atoms with Gasteiger partial charge in [-0.05, 0) is 93.5 Å². The van der Waals surface area contributed by atoms with Gasteiger partial charge in [0, 0.05) is 5.41 Å². The predicted molar refractivity (Wildman–Crippen MR) is 114 cm³/mol. The van der Waals surface area contributed by atoms with Crippen LogP contribution in [0.2, 0.25) is 19.6 Å². The van der Waals surface area contributed by atoms with Crippen molar-refractivity contribution in [2.24, 2.45) is 33.7 Å². The molecule has 0 bridgehead atoms. The van der Waals surface area contributed by atoms with Gasteiger partial charge in [-0.2, -0.15) is 0 Å². The minimum absolute atomic E-state index is 0.203. The molecule has 3 saturated carbocycles. The van der Waals surface area contributed by atoms with Crippen LogP contribution in [0.5, 0.6) is 0 Å². The molecule has 0 heterocycles. The van der Waals surface area contributed by atoms with E-state index < -0.39 is 8.32 Å². The Morgan fingerprint density at radius 3 is 2.56 bits per heavy atom. The van der Waals surface area contributed by atoms with Gasteiger partial charge in [0.15, 0.2) is 8.32 Å². The van der Waals surface area contributed by atoms with Gasteiger partial charge >= 0.3 is 0 Å². The molecule has 0 aromatic carbocycles. The van der Waals surface area contributed by atoms with Crippen molar-refractivity contribution in [3.63, 3.8) is 0 Å². The third-order valence-electron chi connectivity index (χ3n) is 8.17. The molecule has 0 aliphatic heterocycles. The SMILES string of the molecule is CO/N=C1\C=CC2(C)C(=C1)CCC1C2CCC2(C)C(O[Si](C)(C)C)CCC12. The summed E-state index contributed by atoms with van der Waals surface area (Å²) in [6.45, 7) is 12.1. The molecule has 0 aromatic rings. The highest BCUT2D eigenvalue weighted by Gasteiger charge is 2.59. The summed E-state index contributed by atoms with van der Waals surface area (Å²) in [7, 11) is 0.137. The van der Waals surface area contributed by atoms with Gasteiger partial charge in [-0.3, -0.25) is 0 Å². The molecular formula is C23H37NO2Si. The van der Waals surface area contributed by atoms with Crippen LogP contribution in [-0.4, -0.2) is 27.2 Å². The Hall–Kier alpha value is -0.873. The van der Waals surface area contributed by atoms with Crippen LogP contribution in [0, 0.1) is 28.6 Å². The summed E-state index contributed by atoms with van der Waals surface area (Å²) in [6.07, 6.45) is 15.2. The lowest BCUT2D eigenvalue weighted by Crippen LogP contribution is -2.51. The molecule has 0 saturated heterocycles. The molecule has 150 valence electrons. The van der Waals surface area contributed by atoms with Crippen LogP contribution < -0.4 is 0 Å². The maximum absolute atomic E-state index is 6.71. The van der Waals surface area contributed by atoms with E-state index in [1.54, 1.807) is 12.7 Å². The van der Waals surface area contributed by atoms with E-state index in [0.717, 1.165) is 23.5 Å². The molecule has 4 heteroatoms. The number of oxime groups is 1. The van der Waals surface area contributed by atoms with E-state index in [1.807, 2.05) is 0 Å². The van der Waals surface area contributed by atoms with Gasteiger partial charge in [-0.1, -0.05) is 30.7 Å². The Labute approximate surface area is 166 Å². The highest BCUT2D eigenvalue weighted by molar-refractivity contribution is 6.69. The summed E-state index contributed by atoms with van der Waals surface area (Å²) in [4.78, 5) is 5.00. The van der Waals surface area contributed by atoms with Gasteiger partial charge in [-0.25, -0.2) is 0 Å². The van der Waals surface area contributed by atoms with Crippen LogP contribution in [0.4, 0.5) is 0 Å². The first-order chi connectivity index (χ1) is 12.7. The first-order valence-corrected chi connectivity index (χ1v) is 14.3. The molecule has 4 aliphatic rings. The van der Waals surface area contributed by atoms with Crippen LogP contribution >= 0.6 is 0 Å². The van der Waals surface area contributed by atoms with Crippen molar-refractivity contribution < 1.29 is 9.26 Å². The summed E-state index contributed by atoms with van der Waals surface area (Å²) in [5, 5.41) is 4.16. The summed E-state index contributed by atoms with van der Waals surface area (Å²) in [5.41, 5.74) is 3.13. The summed E-state index contributed by atoms with van der Waals surface area (Å²) in [6, 6.07) is 0. The normalized spacial score (nSPS) is 45.1. The Morgan fingerprint density at radius 1 is 1.07 bits per heavy atom. The third kappa shape index (κ3) is 3.17. The molecule has 3 nitrogen and oxygen atoms in total. The lowest BCUT2D eigenvalue weighted by Gasteiger charge is -2.57. The third-order valence-corrected chi connectivity index (χ3v) is 9.17. The number of hydrogen-bond acceptors (Lipinski definition) is 3.